The second-order valence-electron chi connectivity index (χ2n) is 5.08. The van der Waals surface area contributed by atoms with E-state index in [1.54, 1.807) is 31.2 Å². The molecule has 1 heterocycles. The first kappa shape index (κ1) is 18.4. The summed E-state index contributed by atoms with van der Waals surface area (Å²) in [6.45, 7) is 3.00. The van der Waals surface area contributed by atoms with Gasteiger partial charge in [-0.1, -0.05) is 17.7 Å². The number of carbonyl (C=O) groups is 1. The number of carbonyl (C=O) groups excluding carboxylic acids is 1. The van der Waals surface area contributed by atoms with Crippen LogP contribution < -0.4 is 9.47 Å². The summed E-state index contributed by atoms with van der Waals surface area (Å²) in [6.07, 6.45) is 3.31. The quantitative estimate of drug-likeness (QED) is 0.679. The van der Waals surface area contributed by atoms with Gasteiger partial charge in [0.1, 0.15) is 0 Å². The highest BCUT2D eigenvalue weighted by molar-refractivity contribution is 7.16. The van der Waals surface area contributed by atoms with E-state index in [9.17, 15) is 4.79 Å². The van der Waals surface area contributed by atoms with E-state index in [1.807, 2.05) is 37.3 Å². The summed E-state index contributed by atoms with van der Waals surface area (Å²) in [7, 11) is 3.36. The molecule has 2 aromatic rings. The Bertz CT molecular complexity index is 727. The van der Waals surface area contributed by atoms with E-state index in [4.69, 9.17) is 21.1 Å². The van der Waals surface area contributed by atoms with Crippen molar-refractivity contribution in [1.29, 1.82) is 0 Å². The van der Waals surface area contributed by atoms with Gasteiger partial charge in [0.2, 0.25) is 5.91 Å². The summed E-state index contributed by atoms with van der Waals surface area (Å²) >= 11 is 7.39. The third-order valence-corrected chi connectivity index (χ3v) is 4.52. The Morgan fingerprint density at radius 3 is 2.71 bits per heavy atom. The van der Waals surface area contributed by atoms with Crippen LogP contribution in [0.2, 0.25) is 4.34 Å². The lowest BCUT2D eigenvalue weighted by Gasteiger charge is -2.13. The monoisotopic (exact) mass is 365 g/mol. The van der Waals surface area contributed by atoms with E-state index in [-0.39, 0.29) is 5.91 Å². The molecular formula is C18H20ClNO3S. The molecule has 0 unspecified atom stereocenters. The number of hydrogen-bond donors (Lipinski definition) is 0. The molecule has 1 aromatic carbocycles. The van der Waals surface area contributed by atoms with Crippen LogP contribution in [0.25, 0.3) is 6.08 Å². The van der Waals surface area contributed by atoms with Crippen LogP contribution in [0.4, 0.5) is 0 Å². The molecule has 0 atom stereocenters. The van der Waals surface area contributed by atoms with Crippen molar-refractivity contribution in [3.63, 3.8) is 0 Å². The molecule has 1 aromatic heterocycles. The summed E-state index contributed by atoms with van der Waals surface area (Å²) in [5.74, 6) is 1.26. The first-order valence-corrected chi connectivity index (χ1v) is 8.71. The smallest absolute Gasteiger partial charge is 0.246 e. The van der Waals surface area contributed by atoms with Crippen LogP contribution >= 0.6 is 22.9 Å². The highest BCUT2D eigenvalue weighted by Gasteiger charge is 2.08. The molecular weight excluding hydrogens is 346 g/mol. The maximum Gasteiger partial charge on any atom is 0.246 e. The van der Waals surface area contributed by atoms with E-state index in [1.165, 1.54) is 11.3 Å². The Balaban J connectivity index is 2.03. The Morgan fingerprint density at radius 2 is 2.08 bits per heavy atom. The molecule has 0 radical (unpaired) electrons. The van der Waals surface area contributed by atoms with Crippen molar-refractivity contribution in [2.24, 2.45) is 0 Å². The van der Waals surface area contributed by atoms with Gasteiger partial charge in [0.25, 0.3) is 0 Å². The predicted octanol–water partition coefficient (Wildman–Crippen LogP) is 4.48. The van der Waals surface area contributed by atoms with E-state index >= 15 is 0 Å². The maximum absolute atomic E-state index is 12.2. The van der Waals surface area contributed by atoms with Gasteiger partial charge in [0.15, 0.2) is 11.5 Å². The van der Waals surface area contributed by atoms with Gasteiger partial charge in [0.05, 0.1) is 24.6 Å². The lowest BCUT2D eigenvalue weighted by Crippen LogP contribution is -2.23. The molecule has 4 nitrogen and oxygen atoms in total. The number of methoxy groups -OCH3 is 1. The van der Waals surface area contributed by atoms with Gasteiger partial charge in [0, 0.05) is 18.0 Å². The van der Waals surface area contributed by atoms with Gasteiger partial charge in [-0.15, -0.1) is 11.3 Å². The molecule has 0 saturated heterocycles. The number of rotatable bonds is 7. The van der Waals surface area contributed by atoms with Gasteiger partial charge in [-0.3, -0.25) is 4.79 Å². The highest BCUT2D eigenvalue weighted by atomic mass is 35.5. The third kappa shape index (κ3) is 5.01. The fourth-order valence-corrected chi connectivity index (χ4v) is 3.25. The minimum absolute atomic E-state index is 0.0756. The summed E-state index contributed by atoms with van der Waals surface area (Å²) in [4.78, 5) is 14.9. The van der Waals surface area contributed by atoms with Crippen molar-refractivity contribution in [2.45, 2.75) is 13.5 Å². The van der Waals surface area contributed by atoms with E-state index in [0.29, 0.717) is 24.7 Å². The Hall–Kier alpha value is -1.98. The fourth-order valence-electron chi connectivity index (χ4n) is 2.11. The van der Waals surface area contributed by atoms with Crippen molar-refractivity contribution < 1.29 is 14.3 Å². The topological polar surface area (TPSA) is 38.8 Å². The zero-order chi connectivity index (χ0) is 17.5. The van der Waals surface area contributed by atoms with Crippen molar-refractivity contribution in [2.75, 3.05) is 20.8 Å². The number of amides is 1. The van der Waals surface area contributed by atoms with Crippen LogP contribution in [0.3, 0.4) is 0 Å². The SMILES string of the molecule is CCOc1cc(/C=C/C(=O)N(C)Cc2ccc(Cl)s2)ccc1OC. The molecule has 0 aliphatic rings. The Kier molecular flexibility index (Phi) is 6.70. The Labute approximate surface area is 151 Å². The van der Waals surface area contributed by atoms with E-state index in [0.717, 1.165) is 14.8 Å². The number of nitrogens with zero attached hydrogens (tertiary/aromatic N) is 1. The number of ether oxygens (including phenoxy) is 2. The summed E-state index contributed by atoms with van der Waals surface area (Å²) in [5.41, 5.74) is 0.875. The van der Waals surface area contributed by atoms with Crippen molar-refractivity contribution in [3.8, 4) is 11.5 Å². The lowest BCUT2D eigenvalue weighted by molar-refractivity contribution is -0.125. The predicted molar refractivity (Wildman–Crippen MR) is 99.0 cm³/mol. The molecule has 0 spiro atoms. The highest BCUT2D eigenvalue weighted by Crippen LogP contribution is 2.28. The number of thiophene rings is 1. The number of benzene rings is 1. The second-order valence-corrected chi connectivity index (χ2v) is 6.88. The maximum atomic E-state index is 12.2. The molecule has 0 N–H and O–H groups in total. The average molecular weight is 366 g/mol. The molecule has 24 heavy (non-hydrogen) atoms. The number of likely N-dealkylation sites (N-methyl/N-ethyl adjacent to an activating group) is 1. The van der Waals surface area contributed by atoms with Crippen molar-refractivity contribution >= 4 is 34.9 Å². The zero-order valence-electron chi connectivity index (χ0n) is 13.9. The summed E-state index contributed by atoms with van der Waals surface area (Å²) in [5, 5.41) is 0. The summed E-state index contributed by atoms with van der Waals surface area (Å²) < 4.78 is 11.5. The van der Waals surface area contributed by atoms with E-state index < -0.39 is 0 Å². The van der Waals surface area contributed by atoms with Crippen LogP contribution in [0.15, 0.2) is 36.4 Å². The van der Waals surface area contributed by atoms with Crippen LogP contribution in [-0.2, 0) is 11.3 Å². The molecule has 128 valence electrons. The molecule has 2 rings (SSSR count). The van der Waals surface area contributed by atoms with Crippen molar-refractivity contribution in [1.82, 2.24) is 4.90 Å². The molecule has 6 heteroatoms. The fraction of sp³-hybridized carbons (Fsp3) is 0.278. The summed E-state index contributed by atoms with van der Waals surface area (Å²) in [6, 6.07) is 9.32. The van der Waals surface area contributed by atoms with Crippen LogP contribution in [0, 0.1) is 0 Å². The van der Waals surface area contributed by atoms with Gasteiger partial charge < -0.3 is 14.4 Å². The van der Waals surface area contributed by atoms with Crippen molar-refractivity contribution in [3.05, 3.63) is 51.2 Å². The number of hydrogen-bond acceptors (Lipinski definition) is 4. The zero-order valence-corrected chi connectivity index (χ0v) is 15.5. The number of halogens is 1. The molecule has 0 aliphatic heterocycles. The second kappa shape index (κ2) is 8.76. The molecule has 1 amide bonds. The van der Waals surface area contributed by atoms with E-state index in [2.05, 4.69) is 0 Å². The first-order valence-electron chi connectivity index (χ1n) is 7.51. The first-order chi connectivity index (χ1) is 11.5. The van der Waals surface area contributed by atoms with Crippen LogP contribution in [0.5, 0.6) is 11.5 Å². The van der Waals surface area contributed by atoms with Gasteiger partial charge >= 0.3 is 0 Å². The van der Waals surface area contributed by atoms with Gasteiger partial charge in [-0.05, 0) is 42.8 Å². The minimum Gasteiger partial charge on any atom is -0.493 e. The Morgan fingerprint density at radius 1 is 1.29 bits per heavy atom. The molecule has 0 fully saturated rings. The normalized spacial score (nSPS) is 10.8. The third-order valence-electron chi connectivity index (χ3n) is 3.30. The lowest BCUT2D eigenvalue weighted by atomic mass is 10.2. The minimum atomic E-state index is -0.0756. The molecule has 0 saturated carbocycles. The molecule has 0 aliphatic carbocycles. The van der Waals surface area contributed by atoms with Crippen LogP contribution in [0.1, 0.15) is 17.4 Å². The average Bonchev–Trinajstić information content (AvgIpc) is 2.98. The van der Waals surface area contributed by atoms with Gasteiger partial charge in [-0.25, -0.2) is 0 Å². The standard InChI is InChI=1S/C18H20ClNO3S/c1-4-23-16-11-13(5-8-15(16)22-3)6-10-18(21)20(2)12-14-7-9-17(19)24-14/h5-11H,4,12H2,1-3H3/b10-6+. The van der Waals surface area contributed by atoms with Gasteiger partial charge in [-0.2, -0.15) is 0 Å². The molecule has 0 bridgehead atoms. The largest absolute Gasteiger partial charge is 0.493 e. The van der Waals surface area contributed by atoms with Crippen LogP contribution in [-0.4, -0.2) is 31.6 Å².